The minimum absolute atomic E-state index is 0.0821. The number of hydrogen-bond acceptors (Lipinski definition) is 3. The molecule has 124 valence electrons. The highest BCUT2D eigenvalue weighted by Crippen LogP contribution is 2.28. The van der Waals surface area contributed by atoms with E-state index in [1.807, 2.05) is 0 Å². The van der Waals surface area contributed by atoms with Gasteiger partial charge in [-0.3, -0.25) is 19.0 Å². The first-order valence-corrected chi connectivity index (χ1v) is 7.57. The minimum Gasteiger partial charge on any atom is -0.369 e. The topological polar surface area (TPSA) is 85.4 Å². The van der Waals surface area contributed by atoms with Crippen LogP contribution in [0.5, 0.6) is 0 Å². The molecular formula is C17H16FN3O3. The fourth-order valence-corrected chi connectivity index (χ4v) is 2.88. The Morgan fingerprint density at radius 1 is 1.21 bits per heavy atom. The third-order valence-corrected chi connectivity index (χ3v) is 4.10. The van der Waals surface area contributed by atoms with Crippen LogP contribution in [-0.2, 0) is 9.59 Å². The summed E-state index contributed by atoms with van der Waals surface area (Å²) in [5.41, 5.74) is 5.39. The molecule has 1 aromatic heterocycles. The second-order valence-electron chi connectivity index (χ2n) is 5.63. The average Bonchev–Trinajstić information content (AvgIpc) is 2.55. The van der Waals surface area contributed by atoms with Crippen LogP contribution in [0.1, 0.15) is 12.8 Å². The number of anilines is 1. The largest absolute Gasteiger partial charge is 0.369 e. The fourth-order valence-electron chi connectivity index (χ4n) is 2.88. The van der Waals surface area contributed by atoms with Gasteiger partial charge in [0.15, 0.2) is 0 Å². The number of carbonyl (C=O) groups excluding carboxylic acids is 2. The molecule has 7 heteroatoms. The Morgan fingerprint density at radius 3 is 2.67 bits per heavy atom. The molecule has 1 fully saturated rings. The van der Waals surface area contributed by atoms with Crippen molar-refractivity contribution < 1.29 is 14.0 Å². The molecule has 0 saturated carbocycles. The van der Waals surface area contributed by atoms with Crippen molar-refractivity contribution in [2.75, 3.05) is 11.4 Å². The summed E-state index contributed by atoms with van der Waals surface area (Å²) in [6.07, 6.45) is 2.48. The standard InChI is InChI=1S/C17H16FN3O3/c18-13-10-11(20-8-2-1-5-15(20)22)6-7-14(13)21-9-3-4-12(16(19)23)17(21)24/h1-2,5-8,10,12H,3-4,9H2,(H2,19,23). The summed E-state index contributed by atoms with van der Waals surface area (Å²) in [5.74, 6) is -2.74. The van der Waals surface area contributed by atoms with E-state index in [0.717, 1.165) is 0 Å². The molecule has 1 unspecified atom stereocenters. The molecular weight excluding hydrogens is 313 g/mol. The van der Waals surface area contributed by atoms with Crippen LogP contribution < -0.4 is 16.2 Å². The summed E-state index contributed by atoms with van der Waals surface area (Å²) in [7, 11) is 0. The van der Waals surface area contributed by atoms with Crippen molar-refractivity contribution in [3.63, 3.8) is 0 Å². The molecule has 2 amide bonds. The van der Waals surface area contributed by atoms with Gasteiger partial charge in [-0.05, 0) is 31.0 Å². The number of halogens is 1. The lowest BCUT2D eigenvalue weighted by molar-refractivity contribution is -0.133. The summed E-state index contributed by atoms with van der Waals surface area (Å²) in [6.45, 7) is 0.324. The van der Waals surface area contributed by atoms with Crippen LogP contribution in [0.4, 0.5) is 10.1 Å². The van der Waals surface area contributed by atoms with Gasteiger partial charge in [-0.15, -0.1) is 0 Å². The van der Waals surface area contributed by atoms with Crippen molar-refractivity contribution in [1.29, 1.82) is 0 Å². The first-order valence-electron chi connectivity index (χ1n) is 7.57. The number of aromatic nitrogens is 1. The Kier molecular flexibility index (Phi) is 4.16. The normalized spacial score (nSPS) is 17.8. The van der Waals surface area contributed by atoms with Crippen LogP contribution in [0, 0.1) is 11.7 Å². The number of amides is 2. The molecule has 0 aliphatic carbocycles. The van der Waals surface area contributed by atoms with Gasteiger partial charge < -0.3 is 10.6 Å². The highest BCUT2D eigenvalue weighted by molar-refractivity contribution is 6.07. The molecule has 0 radical (unpaired) electrons. The number of rotatable bonds is 3. The highest BCUT2D eigenvalue weighted by atomic mass is 19.1. The molecule has 1 aromatic carbocycles. The second kappa shape index (κ2) is 6.27. The Hall–Kier alpha value is -2.96. The van der Waals surface area contributed by atoms with Gasteiger partial charge in [0.2, 0.25) is 11.8 Å². The third kappa shape index (κ3) is 2.80. The Labute approximate surface area is 137 Å². The van der Waals surface area contributed by atoms with Crippen molar-refractivity contribution in [2.24, 2.45) is 11.7 Å². The lowest BCUT2D eigenvalue weighted by Crippen LogP contribution is -2.46. The Balaban J connectivity index is 1.96. The zero-order chi connectivity index (χ0) is 17.3. The minimum atomic E-state index is -0.922. The average molecular weight is 329 g/mol. The van der Waals surface area contributed by atoms with Crippen LogP contribution in [0.25, 0.3) is 5.69 Å². The van der Waals surface area contributed by atoms with Gasteiger partial charge in [0, 0.05) is 24.9 Å². The van der Waals surface area contributed by atoms with E-state index in [0.29, 0.717) is 25.1 Å². The third-order valence-electron chi connectivity index (χ3n) is 4.10. The van der Waals surface area contributed by atoms with E-state index in [9.17, 15) is 18.8 Å². The maximum atomic E-state index is 14.5. The number of nitrogens with zero attached hydrogens (tertiary/aromatic N) is 2. The monoisotopic (exact) mass is 329 g/mol. The number of benzene rings is 1. The van der Waals surface area contributed by atoms with E-state index in [1.165, 1.54) is 33.9 Å². The second-order valence-corrected chi connectivity index (χ2v) is 5.63. The predicted octanol–water partition coefficient (Wildman–Crippen LogP) is 1.20. The molecule has 1 aliphatic heterocycles. The van der Waals surface area contributed by atoms with Gasteiger partial charge in [0.05, 0.1) is 11.4 Å². The number of nitrogens with two attached hydrogens (primary N) is 1. The van der Waals surface area contributed by atoms with Crippen molar-refractivity contribution in [2.45, 2.75) is 12.8 Å². The van der Waals surface area contributed by atoms with Crippen molar-refractivity contribution in [3.05, 3.63) is 58.8 Å². The summed E-state index contributed by atoms with van der Waals surface area (Å²) in [6, 6.07) is 8.82. The summed E-state index contributed by atoms with van der Waals surface area (Å²) >= 11 is 0. The van der Waals surface area contributed by atoms with Crippen LogP contribution in [-0.4, -0.2) is 22.9 Å². The quantitative estimate of drug-likeness (QED) is 0.859. The molecule has 1 saturated heterocycles. The lowest BCUT2D eigenvalue weighted by Gasteiger charge is -2.31. The van der Waals surface area contributed by atoms with Crippen LogP contribution in [0.3, 0.4) is 0 Å². The van der Waals surface area contributed by atoms with Crippen LogP contribution in [0.15, 0.2) is 47.4 Å². The number of hydrogen-bond donors (Lipinski definition) is 1. The SMILES string of the molecule is NC(=O)C1CCCN(c2ccc(-n3ccccc3=O)cc2F)C1=O. The van der Waals surface area contributed by atoms with Gasteiger partial charge in [-0.1, -0.05) is 6.07 Å². The first kappa shape index (κ1) is 15.9. The van der Waals surface area contributed by atoms with Gasteiger partial charge >= 0.3 is 0 Å². The molecule has 2 N–H and O–H groups in total. The molecule has 24 heavy (non-hydrogen) atoms. The van der Waals surface area contributed by atoms with E-state index in [1.54, 1.807) is 18.2 Å². The Morgan fingerprint density at radius 2 is 2.00 bits per heavy atom. The fraction of sp³-hybridized carbons (Fsp3) is 0.235. The lowest BCUT2D eigenvalue weighted by atomic mass is 9.96. The maximum Gasteiger partial charge on any atom is 0.255 e. The van der Waals surface area contributed by atoms with Gasteiger partial charge in [-0.2, -0.15) is 0 Å². The molecule has 2 heterocycles. The Bertz CT molecular complexity index is 862. The number of carbonyl (C=O) groups is 2. The number of primary amides is 1. The number of piperidine rings is 1. The van der Waals surface area contributed by atoms with Crippen molar-refractivity contribution in [3.8, 4) is 5.69 Å². The highest BCUT2D eigenvalue weighted by Gasteiger charge is 2.34. The molecule has 3 rings (SSSR count). The van der Waals surface area contributed by atoms with Crippen molar-refractivity contribution in [1.82, 2.24) is 4.57 Å². The smallest absolute Gasteiger partial charge is 0.255 e. The van der Waals surface area contributed by atoms with Crippen LogP contribution in [0.2, 0.25) is 0 Å². The van der Waals surface area contributed by atoms with Crippen molar-refractivity contribution >= 4 is 17.5 Å². The molecule has 6 nitrogen and oxygen atoms in total. The van der Waals surface area contributed by atoms with E-state index < -0.39 is 23.5 Å². The molecule has 2 aromatic rings. The summed E-state index contributed by atoms with van der Waals surface area (Å²) < 4.78 is 15.8. The van der Waals surface area contributed by atoms with E-state index in [4.69, 9.17) is 5.73 Å². The van der Waals surface area contributed by atoms with Crippen LogP contribution >= 0.6 is 0 Å². The van der Waals surface area contributed by atoms with E-state index in [2.05, 4.69) is 0 Å². The summed E-state index contributed by atoms with van der Waals surface area (Å²) in [5, 5.41) is 0. The zero-order valence-electron chi connectivity index (χ0n) is 12.8. The number of pyridine rings is 1. The van der Waals surface area contributed by atoms with Gasteiger partial charge in [0.25, 0.3) is 5.56 Å². The molecule has 1 atom stereocenters. The molecule has 0 bridgehead atoms. The molecule has 1 aliphatic rings. The van der Waals surface area contributed by atoms with Gasteiger partial charge in [0.1, 0.15) is 11.7 Å². The summed E-state index contributed by atoms with van der Waals surface area (Å²) in [4.78, 5) is 36.7. The van der Waals surface area contributed by atoms with E-state index in [-0.39, 0.29) is 11.2 Å². The molecule has 0 spiro atoms. The van der Waals surface area contributed by atoms with E-state index >= 15 is 0 Å². The maximum absolute atomic E-state index is 14.5. The zero-order valence-corrected chi connectivity index (χ0v) is 12.8. The predicted molar refractivity (Wildman–Crippen MR) is 86.3 cm³/mol. The van der Waals surface area contributed by atoms with Gasteiger partial charge in [-0.25, -0.2) is 4.39 Å². The first-order chi connectivity index (χ1) is 11.5.